The van der Waals surface area contributed by atoms with E-state index in [0.717, 1.165) is 12.8 Å². The summed E-state index contributed by atoms with van der Waals surface area (Å²) in [6.07, 6.45) is 2.54. The van der Waals surface area contributed by atoms with Crippen LogP contribution in [0.3, 0.4) is 0 Å². The van der Waals surface area contributed by atoms with Crippen molar-refractivity contribution in [1.29, 1.82) is 5.41 Å². The van der Waals surface area contributed by atoms with E-state index in [1.807, 2.05) is 0 Å². The van der Waals surface area contributed by atoms with Crippen LogP contribution in [0.5, 0.6) is 0 Å². The second-order valence-electron chi connectivity index (χ2n) is 5.87. The smallest absolute Gasteiger partial charge is 0.0905 e. The molecule has 1 aromatic rings. The highest BCUT2D eigenvalue weighted by atomic mass is 14.7. The fourth-order valence-corrected chi connectivity index (χ4v) is 1.94. The molecule has 3 nitrogen and oxygen atoms in total. The molecule has 1 aromatic carbocycles. The third-order valence-electron chi connectivity index (χ3n) is 3.07. The molecule has 100 valence electrons. The number of hydrogen-bond acceptors (Lipinski definition) is 2. The fourth-order valence-electron chi connectivity index (χ4n) is 1.94. The number of aryl methyl sites for hydroxylation is 1. The zero-order chi connectivity index (χ0) is 13.8. The van der Waals surface area contributed by atoms with Gasteiger partial charge in [0.15, 0.2) is 0 Å². The molecule has 0 saturated carbocycles. The lowest BCUT2D eigenvalue weighted by Gasteiger charge is -2.21. The lowest BCUT2D eigenvalue weighted by atomic mass is 9.84. The Morgan fingerprint density at radius 1 is 1.17 bits per heavy atom. The molecule has 3 heteroatoms. The van der Waals surface area contributed by atoms with Crippen LogP contribution < -0.4 is 11.5 Å². The van der Waals surface area contributed by atoms with Gasteiger partial charge in [-0.15, -0.1) is 0 Å². The molecule has 0 aliphatic heterocycles. The van der Waals surface area contributed by atoms with E-state index in [9.17, 15) is 0 Å². The van der Waals surface area contributed by atoms with Crippen LogP contribution in [0.1, 0.15) is 50.3 Å². The van der Waals surface area contributed by atoms with Gasteiger partial charge in [0.25, 0.3) is 0 Å². The molecule has 0 saturated heterocycles. The van der Waals surface area contributed by atoms with Crippen LogP contribution in [0, 0.1) is 5.41 Å². The van der Waals surface area contributed by atoms with Crippen LogP contribution in [-0.4, -0.2) is 5.84 Å². The third kappa shape index (κ3) is 4.49. The summed E-state index contributed by atoms with van der Waals surface area (Å²) in [5, 5.41) is 7.24. The third-order valence-corrected chi connectivity index (χ3v) is 3.07. The highest BCUT2D eigenvalue weighted by Gasteiger charge is 2.15. The molecule has 0 aliphatic rings. The molecule has 0 aromatic heterocycles. The molecule has 0 heterocycles. The largest absolute Gasteiger partial charge is 0.388 e. The van der Waals surface area contributed by atoms with E-state index in [-0.39, 0.29) is 11.3 Å². The topological polar surface area (TPSA) is 75.9 Å². The molecular weight excluding hydrogens is 222 g/mol. The maximum Gasteiger partial charge on any atom is 0.0905 e. The van der Waals surface area contributed by atoms with Crippen molar-refractivity contribution in [2.75, 3.05) is 0 Å². The van der Waals surface area contributed by atoms with Crippen molar-refractivity contribution in [3.63, 3.8) is 0 Å². The maximum absolute atomic E-state index is 7.24. The fraction of sp³-hybridized carbons (Fsp3) is 0.533. The standard InChI is InChI=1S/C15H25N3/c1-15(2,3)13-8-11(5-4-6-14(17)18)7-12(9-13)10-16/h7-9H,4-6,10,16H2,1-3H3,(H3,17,18). The molecular formula is C15H25N3. The van der Waals surface area contributed by atoms with Gasteiger partial charge in [-0.3, -0.25) is 5.41 Å². The monoisotopic (exact) mass is 247 g/mol. The zero-order valence-corrected chi connectivity index (χ0v) is 11.7. The van der Waals surface area contributed by atoms with Crippen molar-refractivity contribution in [3.05, 3.63) is 34.9 Å². The second-order valence-corrected chi connectivity index (χ2v) is 5.87. The molecule has 0 radical (unpaired) electrons. The molecule has 1 rings (SSSR count). The average molecular weight is 247 g/mol. The molecule has 0 unspecified atom stereocenters. The highest BCUT2D eigenvalue weighted by Crippen LogP contribution is 2.25. The summed E-state index contributed by atoms with van der Waals surface area (Å²) in [5.41, 5.74) is 15.1. The normalized spacial score (nSPS) is 11.6. The van der Waals surface area contributed by atoms with Crippen molar-refractivity contribution in [3.8, 4) is 0 Å². The van der Waals surface area contributed by atoms with Gasteiger partial charge in [-0.25, -0.2) is 0 Å². The first-order chi connectivity index (χ1) is 8.32. The van der Waals surface area contributed by atoms with E-state index < -0.39 is 0 Å². The van der Waals surface area contributed by atoms with Gasteiger partial charge in [0.2, 0.25) is 0 Å². The van der Waals surface area contributed by atoms with Gasteiger partial charge in [0.1, 0.15) is 0 Å². The van der Waals surface area contributed by atoms with Crippen LogP contribution in [0.4, 0.5) is 0 Å². The number of nitrogens with one attached hydrogen (secondary N) is 1. The Labute approximate surface area is 110 Å². The van der Waals surface area contributed by atoms with Gasteiger partial charge < -0.3 is 11.5 Å². The van der Waals surface area contributed by atoms with Crippen molar-refractivity contribution in [1.82, 2.24) is 0 Å². The predicted molar refractivity (Wildman–Crippen MR) is 77.9 cm³/mol. The Hall–Kier alpha value is -1.35. The van der Waals surface area contributed by atoms with E-state index in [4.69, 9.17) is 16.9 Å². The first-order valence-corrected chi connectivity index (χ1v) is 6.49. The van der Waals surface area contributed by atoms with E-state index in [1.165, 1.54) is 16.7 Å². The Morgan fingerprint density at radius 2 is 1.78 bits per heavy atom. The van der Waals surface area contributed by atoms with Gasteiger partial charge in [-0.1, -0.05) is 39.0 Å². The zero-order valence-electron chi connectivity index (χ0n) is 11.7. The Morgan fingerprint density at radius 3 is 2.28 bits per heavy atom. The molecule has 0 aliphatic carbocycles. The summed E-state index contributed by atoms with van der Waals surface area (Å²) < 4.78 is 0. The van der Waals surface area contributed by atoms with Crippen molar-refractivity contribution in [2.45, 2.75) is 52.0 Å². The lowest BCUT2D eigenvalue weighted by molar-refractivity contribution is 0.588. The van der Waals surface area contributed by atoms with Gasteiger partial charge >= 0.3 is 0 Å². The molecule has 0 spiro atoms. The van der Waals surface area contributed by atoms with E-state index in [1.54, 1.807) is 0 Å². The number of nitrogens with two attached hydrogens (primary N) is 2. The summed E-state index contributed by atoms with van der Waals surface area (Å²) in [6.45, 7) is 7.20. The van der Waals surface area contributed by atoms with E-state index in [0.29, 0.717) is 13.0 Å². The molecule has 0 bridgehead atoms. The summed E-state index contributed by atoms with van der Waals surface area (Å²) >= 11 is 0. The van der Waals surface area contributed by atoms with E-state index in [2.05, 4.69) is 39.0 Å². The minimum atomic E-state index is 0.139. The van der Waals surface area contributed by atoms with E-state index >= 15 is 0 Å². The number of rotatable bonds is 5. The first-order valence-electron chi connectivity index (χ1n) is 6.49. The minimum Gasteiger partial charge on any atom is -0.388 e. The van der Waals surface area contributed by atoms with Gasteiger partial charge in [0, 0.05) is 13.0 Å². The van der Waals surface area contributed by atoms with Crippen LogP contribution in [0.2, 0.25) is 0 Å². The summed E-state index contributed by atoms with van der Waals surface area (Å²) in [7, 11) is 0. The average Bonchev–Trinajstić information content (AvgIpc) is 2.27. The number of amidine groups is 1. The predicted octanol–water partition coefficient (Wildman–Crippen LogP) is 2.70. The first kappa shape index (κ1) is 14.7. The molecule has 0 atom stereocenters. The Bertz CT molecular complexity index is 416. The summed E-state index contributed by atoms with van der Waals surface area (Å²) in [6, 6.07) is 6.60. The Kier molecular flexibility index (Phi) is 4.91. The quantitative estimate of drug-likeness (QED) is 0.552. The summed E-state index contributed by atoms with van der Waals surface area (Å²) in [4.78, 5) is 0. The van der Waals surface area contributed by atoms with Crippen LogP contribution in [-0.2, 0) is 18.4 Å². The minimum absolute atomic E-state index is 0.139. The Balaban J connectivity index is 2.87. The van der Waals surface area contributed by atoms with Crippen molar-refractivity contribution < 1.29 is 0 Å². The molecule has 0 fully saturated rings. The molecule has 0 amide bonds. The van der Waals surface area contributed by atoms with Crippen LogP contribution in [0.15, 0.2) is 18.2 Å². The number of benzene rings is 1. The van der Waals surface area contributed by atoms with Crippen molar-refractivity contribution >= 4 is 5.84 Å². The van der Waals surface area contributed by atoms with Gasteiger partial charge in [0.05, 0.1) is 5.84 Å². The molecule has 5 N–H and O–H groups in total. The SMILES string of the molecule is CC(C)(C)c1cc(CN)cc(CCCC(=N)N)c1. The highest BCUT2D eigenvalue weighted by molar-refractivity contribution is 5.76. The second kappa shape index (κ2) is 6.01. The summed E-state index contributed by atoms with van der Waals surface area (Å²) in [5.74, 6) is 0.265. The molecule has 18 heavy (non-hydrogen) atoms. The van der Waals surface area contributed by atoms with Gasteiger partial charge in [-0.05, 0) is 34.9 Å². The lowest BCUT2D eigenvalue weighted by Crippen LogP contribution is -2.13. The van der Waals surface area contributed by atoms with Crippen molar-refractivity contribution in [2.24, 2.45) is 11.5 Å². The number of hydrogen-bond donors (Lipinski definition) is 3. The van der Waals surface area contributed by atoms with Crippen LogP contribution >= 0.6 is 0 Å². The maximum atomic E-state index is 7.24. The van der Waals surface area contributed by atoms with Crippen LogP contribution in [0.25, 0.3) is 0 Å². The van der Waals surface area contributed by atoms with Gasteiger partial charge in [-0.2, -0.15) is 0 Å².